The molecule has 1 aliphatic rings. The predicted octanol–water partition coefficient (Wildman–Crippen LogP) is 0.606. The van der Waals surface area contributed by atoms with Crippen molar-refractivity contribution in [2.45, 2.75) is 63.4 Å². The molecule has 2 atom stereocenters. The largest absolute Gasteiger partial charge is 0.496 e. The molecule has 12 heteroatoms. The molecular formula is C21H33N5O6S. The number of carbonyl (C=O) groups is 2. The van der Waals surface area contributed by atoms with E-state index in [9.17, 15) is 23.1 Å². The minimum absolute atomic E-state index is 0.0211. The number of ether oxygens (including phenoxy) is 1. The van der Waals surface area contributed by atoms with Gasteiger partial charge < -0.3 is 26.2 Å². The summed E-state index contributed by atoms with van der Waals surface area (Å²) in [7, 11) is -2.68. The highest BCUT2D eigenvalue weighted by Gasteiger charge is 2.32. The van der Waals surface area contributed by atoms with E-state index >= 15 is 0 Å². The molecule has 1 heterocycles. The molecule has 1 aliphatic heterocycles. The molecule has 1 fully saturated rings. The van der Waals surface area contributed by atoms with Crippen LogP contribution in [0.4, 0.5) is 0 Å². The van der Waals surface area contributed by atoms with Crippen molar-refractivity contribution in [3.05, 3.63) is 22.8 Å². The molecule has 0 bridgehead atoms. The molecule has 33 heavy (non-hydrogen) atoms. The Kier molecular flexibility index (Phi) is 8.67. The van der Waals surface area contributed by atoms with Gasteiger partial charge in [-0.25, -0.2) is 17.5 Å². The lowest BCUT2D eigenvalue weighted by Gasteiger charge is -2.26. The first-order chi connectivity index (χ1) is 15.4. The molecule has 0 spiro atoms. The zero-order valence-electron chi connectivity index (χ0n) is 19.4. The number of hydrogen-bond donors (Lipinski definition) is 5. The molecule has 0 radical (unpaired) electrons. The van der Waals surface area contributed by atoms with Gasteiger partial charge in [-0.15, -0.1) is 0 Å². The van der Waals surface area contributed by atoms with Crippen molar-refractivity contribution in [2.75, 3.05) is 20.2 Å². The fourth-order valence-corrected chi connectivity index (χ4v) is 5.84. The molecule has 0 aromatic heterocycles. The number of carboxylic acids is 1. The molecule has 2 rings (SSSR count). The Hall–Kier alpha value is -2.86. The van der Waals surface area contributed by atoms with Crippen molar-refractivity contribution < 1.29 is 27.9 Å². The molecule has 1 amide bonds. The predicted molar refractivity (Wildman–Crippen MR) is 123 cm³/mol. The van der Waals surface area contributed by atoms with Crippen LogP contribution in [0.1, 0.15) is 42.4 Å². The maximum atomic E-state index is 13.4. The van der Waals surface area contributed by atoms with Gasteiger partial charge in [0, 0.05) is 6.54 Å². The van der Waals surface area contributed by atoms with Gasteiger partial charge in [-0.05, 0) is 75.8 Å². The van der Waals surface area contributed by atoms with E-state index in [1.165, 1.54) is 7.11 Å². The number of sulfonamides is 1. The van der Waals surface area contributed by atoms with Crippen LogP contribution in [0.5, 0.6) is 5.75 Å². The summed E-state index contributed by atoms with van der Waals surface area (Å²) in [4.78, 5) is 23.9. The van der Waals surface area contributed by atoms with E-state index in [4.69, 9.17) is 15.9 Å². The molecule has 1 aromatic carbocycles. The summed E-state index contributed by atoms with van der Waals surface area (Å²) in [5, 5.41) is 22.8. The van der Waals surface area contributed by atoms with E-state index < -0.39 is 39.9 Å². The molecule has 1 aromatic rings. The number of nitrogens with one attached hydrogen (secondary N) is 3. The molecular weight excluding hydrogens is 450 g/mol. The van der Waals surface area contributed by atoms with Gasteiger partial charge >= 0.3 is 5.97 Å². The van der Waals surface area contributed by atoms with Gasteiger partial charge in [0.15, 0.2) is 0 Å². The first kappa shape index (κ1) is 26.4. The summed E-state index contributed by atoms with van der Waals surface area (Å²) in [6.07, 6.45) is 1.52. The minimum Gasteiger partial charge on any atom is -0.496 e. The fraction of sp³-hybridized carbons (Fsp3) is 0.571. The molecule has 184 valence electrons. The van der Waals surface area contributed by atoms with Gasteiger partial charge in [0.2, 0.25) is 11.9 Å². The third kappa shape index (κ3) is 5.93. The lowest BCUT2D eigenvalue weighted by atomic mass is 10.1. The maximum Gasteiger partial charge on any atom is 0.326 e. The Morgan fingerprint density at radius 2 is 2.03 bits per heavy atom. The van der Waals surface area contributed by atoms with Gasteiger partial charge in [0.25, 0.3) is 10.0 Å². The average Bonchev–Trinajstić information content (AvgIpc) is 3.27. The van der Waals surface area contributed by atoms with Crippen molar-refractivity contribution in [1.29, 1.82) is 5.41 Å². The van der Waals surface area contributed by atoms with Gasteiger partial charge in [0.05, 0.1) is 18.0 Å². The molecule has 0 aliphatic carbocycles. The van der Waals surface area contributed by atoms with Crippen LogP contribution >= 0.6 is 0 Å². The third-order valence-electron chi connectivity index (χ3n) is 5.86. The second-order valence-corrected chi connectivity index (χ2v) is 9.93. The van der Waals surface area contributed by atoms with Crippen molar-refractivity contribution in [2.24, 2.45) is 5.73 Å². The number of aliphatic carboxylic acids is 1. The molecule has 6 N–H and O–H groups in total. The summed E-state index contributed by atoms with van der Waals surface area (Å²) in [5.74, 6) is -1.73. The summed E-state index contributed by atoms with van der Waals surface area (Å²) in [5.41, 5.74) is 7.19. The van der Waals surface area contributed by atoms with Crippen LogP contribution in [0, 0.1) is 26.2 Å². The standard InChI is InChI=1S/C21H33N5O6S/c1-12-11-17(32-4)13(2)14(3)18(12)33(30,31)26(21(22)23)10-6-8-16(20(28)29)25-19(27)15-7-5-9-24-15/h11,15-16,24H,5-10H2,1-4H3,(H3,22,23)(H,25,27)(H,28,29)/t15-,16?/m0/s1. The Labute approximate surface area is 194 Å². The first-order valence-corrected chi connectivity index (χ1v) is 12.1. The number of amides is 1. The van der Waals surface area contributed by atoms with Crippen LogP contribution in [-0.2, 0) is 19.6 Å². The average molecular weight is 484 g/mol. The zero-order valence-corrected chi connectivity index (χ0v) is 20.2. The van der Waals surface area contributed by atoms with Crippen molar-refractivity contribution in [1.82, 2.24) is 14.9 Å². The van der Waals surface area contributed by atoms with E-state index in [1.807, 2.05) is 0 Å². The third-order valence-corrected chi connectivity index (χ3v) is 7.96. The van der Waals surface area contributed by atoms with Crippen LogP contribution in [0.15, 0.2) is 11.0 Å². The van der Waals surface area contributed by atoms with Crippen LogP contribution in [0.3, 0.4) is 0 Å². The maximum absolute atomic E-state index is 13.4. The monoisotopic (exact) mass is 483 g/mol. The number of methoxy groups -OCH3 is 1. The lowest BCUT2D eigenvalue weighted by molar-refractivity contribution is -0.142. The Morgan fingerprint density at radius 3 is 2.55 bits per heavy atom. The number of carbonyl (C=O) groups excluding carboxylic acids is 1. The summed E-state index contributed by atoms with van der Waals surface area (Å²) in [6, 6.07) is 0.00828. The fourth-order valence-electron chi connectivity index (χ4n) is 3.99. The summed E-state index contributed by atoms with van der Waals surface area (Å²) < 4.78 is 32.8. The van der Waals surface area contributed by atoms with Gasteiger partial charge in [-0.2, -0.15) is 0 Å². The topological polar surface area (TPSA) is 175 Å². The normalized spacial score (nSPS) is 16.8. The molecule has 1 unspecified atom stereocenters. The number of rotatable bonds is 10. The van der Waals surface area contributed by atoms with E-state index in [2.05, 4.69) is 10.6 Å². The molecule has 1 saturated heterocycles. The van der Waals surface area contributed by atoms with E-state index in [0.717, 1.165) is 10.7 Å². The summed E-state index contributed by atoms with van der Waals surface area (Å²) in [6.45, 7) is 5.52. The number of nitrogens with zero attached hydrogens (tertiary/aromatic N) is 1. The first-order valence-electron chi connectivity index (χ1n) is 10.7. The Balaban J connectivity index is 2.18. The Morgan fingerprint density at radius 1 is 1.36 bits per heavy atom. The smallest absolute Gasteiger partial charge is 0.326 e. The second kappa shape index (κ2) is 10.8. The SMILES string of the molecule is COc1cc(C)c(S(=O)(=O)N(CCCC(NC(=O)[C@@H]2CCCN2)C(=O)O)C(=N)N)c(C)c1C. The van der Waals surface area contributed by atoms with E-state index in [1.54, 1.807) is 26.8 Å². The number of benzene rings is 1. The van der Waals surface area contributed by atoms with E-state index in [0.29, 0.717) is 35.4 Å². The highest BCUT2D eigenvalue weighted by Crippen LogP contribution is 2.32. The van der Waals surface area contributed by atoms with Crippen LogP contribution in [0.25, 0.3) is 0 Å². The second-order valence-electron chi connectivity index (χ2n) is 8.13. The highest BCUT2D eigenvalue weighted by atomic mass is 32.2. The van der Waals surface area contributed by atoms with Crippen molar-refractivity contribution in [3.8, 4) is 5.75 Å². The van der Waals surface area contributed by atoms with Gasteiger partial charge in [0.1, 0.15) is 11.8 Å². The van der Waals surface area contributed by atoms with Crippen molar-refractivity contribution in [3.63, 3.8) is 0 Å². The highest BCUT2D eigenvalue weighted by molar-refractivity contribution is 7.89. The van der Waals surface area contributed by atoms with Gasteiger partial charge in [-0.1, -0.05) is 0 Å². The Bertz CT molecular complexity index is 1020. The zero-order chi connectivity index (χ0) is 24.9. The van der Waals surface area contributed by atoms with Gasteiger partial charge in [-0.3, -0.25) is 10.2 Å². The number of hydrogen-bond acceptors (Lipinski definition) is 7. The lowest BCUT2D eigenvalue weighted by Crippen LogP contribution is -2.48. The number of carboxylic acid groups (broad SMARTS) is 1. The van der Waals surface area contributed by atoms with Crippen molar-refractivity contribution >= 4 is 27.9 Å². The summed E-state index contributed by atoms with van der Waals surface area (Å²) >= 11 is 0. The minimum atomic E-state index is -4.18. The number of guanidine groups is 1. The van der Waals surface area contributed by atoms with E-state index in [-0.39, 0.29) is 24.3 Å². The number of nitrogens with two attached hydrogens (primary N) is 1. The van der Waals surface area contributed by atoms with Crippen LogP contribution < -0.4 is 21.1 Å². The van der Waals surface area contributed by atoms with Crippen LogP contribution in [-0.4, -0.2) is 67.9 Å². The quantitative estimate of drug-likeness (QED) is 0.237. The molecule has 0 saturated carbocycles. The number of aryl methyl sites for hydroxylation is 1. The van der Waals surface area contributed by atoms with Crippen LogP contribution in [0.2, 0.25) is 0 Å². The molecule has 11 nitrogen and oxygen atoms in total.